The molecule has 4 heterocycles. The standard InChI is InChI=1S/C21H19N5O/c1-25(14-17-12-16-4-2-3-5-19(16)27-17)21-13-18(15-6-9-22-10-7-15)24-20-8-11-23-26(20)21/h2-11,13,17H,12,14H2,1H3/t17-/m1/s1. The van der Waals surface area contributed by atoms with Crippen LogP contribution in [0.5, 0.6) is 5.75 Å². The molecule has 0 radical (unpaired) electrons. The van der Waals surface area contributed by atoms with Gasteiger partial charge in [0.2, 0.25) is 0 Å². The van der Waals surface area contributed by atoms with Crippen LogP contribution in [0.3, 0.4) is 0 Å². The molecule has 1 atom stereocenters. The second kappa shape index (κ2) is 6.39. The van der Waals surface area contributed by atoms with Crippen LogP contribution in [0.2, 0.25) is 0 Å². The number of fused-ring (bicyclic) bond motifs is 2. The summed E-state index contributed by atoms with van der Waals surface area (Å²) in [6.45, 7) is 0.767. The van der Waals surface area contributed by atoms with Crippen LogP contribution in [-0.2, 0) is 6.42 Å². The lowest BCUT2D eigenvalue weighted by Crippen LogP contribution is -2.33. The summed E-state index contributed by atoms with van der Waals surface area (Å²) in [6, 6.07) is 16.2. The first-order valence-electron chi connectivity index (χ1n) is 8.99. The Kier molecular flexibility index (Phi) is 3.74. The van der Waals surface area contributed by atoms with E-state index in [1.807, 2.05) is 34.8 Å². The molecule has 3 aromatic heterocycles. The van der Waals surface area contributed by atoms with E-state index in [4.69, 9.17) is 9.72 Å². The van der Waals surface area contributed by atoms with E-state index in [0.717, 1.165) is 41.4 Å². The lowest BCUT2D eigenvalue weighted by molar-refractivity contribution is 0.239. The number of nitrogens with zero attached hydrogens (tertiary/aromatic N) is 5. The average Bonchev–Trinajstić information content (AvgIpc) is 3.33. The van der Waals surface area contributed by atoms with E-state index in [1.165, 1.54) is 5.56 Å². The number of pyridine rings is 1. The van der Waals surface area contributed by atoms with Gasteiger partial charge in [-0.3, -0.25) is 4.98 Å². The van der Waals surface area contributed by atoms with Crippen molar-refractivity contribution < 1.29 is 4.74 Å². The third-order valence-corrected chi connectivity index (χ3v) is 4.90. The number of aromatic nitrogens is 4. The van der Waals surface area contributed by atoms with Crippen molar-refractivity contribution in [2.24, 2.45) is 0 Å². The van der Waals surface area contributed by atoms with Gasteiger partial charge in [-0.15, -0.1) is 0 Å². The van der Waals surface area contributed by atoms with Crippen molar-refractivity contribution >= 4 is 11.5 Å². The number of likely N-dealkylation sites (N-methyl/N-ethyl adjacent to an activating group) is 1. The van der Waals surface area contributed by atoms with Crippen LogP contribution < -0.4 is 9.64 Å². The number of hydrogen-bond acceptors (Lipinski definition) is 5. The minimum Gasteiger partial charge on any atom is -0.488 e. The van der Waals surface area contributed by atoms with Gasteiger partial charge in [-0.25, -0.2) is 4.98 Å². The first-order valence-corrected chi connectivity index (χ1v) is 8.99. The molecule has 4 aromatic rings. The summed E-state index contributed by atoms with van der Waals surface area (Å²) >= 11 is 0. The molecule has 0 fully saturated rings. The number of para-hydroxylation sites is 1. The summed E-state index contributed by atoms with van der Waals surface area (Å²) in [5, 5.41) is 4.45. The van der Waals surface area contributed by atoms with Crippen molar-refractivity contribution in [2.75, 3.05) is 18.5 Å². The monoisotopic (exact) mass is 357 g/mol. The SMILES string of the molecule is CN(C[C@H]1Cc2ccccc2O1)c1cc(-c2ccncc2)nc2ccnn12. The van der Waals surface area contributed by atoms with E-state index in [1.54, 1.807) is 18.6 Å². The first kappa shape index (κ1) is 15.8. The molecule has 0 saturated carbocycles. The second-order valence-electron chi connectivity index (χ2n) is 6.77. The van der Waals surface area contributed by atoms with Crippen LogP contribution in [0, 0.1) is 0 Å². The largest absolute Gasteiger partial charge is 0.488 e. The maximum absolute atomic E-state index is 6.11. The molecule has 0 unspecified atom stereocenters. The Labute approximate surface area is 157 Å². The lowest BCUT2D eigenvalue weighted by atomic mass is 10.1. The zero-order valence-corrected chi connectivity index (χ0v) is 15.0. The van der Waals surface area contributed by atoms with Gasteiger partial charge in [0, 0.05) is 43.6 Å². The molecule has 0 spiro atoms. The fourth-order valence-corrected chi connectivity index (χ4v) is 3.59. The Balaban J connectivity index is 1.46. The zero-order valence-electron chi connectivity index (χ0n) is 15.0. The minimum atomic E-state index is 0.121. The molecule has 0 N–H and O–H groups in total. The predicted octanol–water partition coefficient (Wildman–Crippen LogP) is 3.23. The number of rotatable bonds is 4. The van der Waals surface area contributed by atoms with E-state index >= 15 is 0 Å². The maximum atomic E-state index is 6.11. The van der Waals surface area contributed by atoms with Gasteiger partial charge in [0.05, 0.1) is 18.4 Å². The summed E-state index contributed by atoms with van der Waals surface area (Å²) in [6.07, 6.45) is 6.38. The Morgan fingerprint density at radius 2 is 1.96 bits per heavy atom. The van der Waals surface area contributed by atoms with Gasteiger partial charge in [0.1, 0.15) is 17.7 Å². The highest BCUT2D eigenvalue weighted by Gasteiger charge is 2.24. The number of benzene rings is 1. The summed E-state index contributed by atoms with van der Waals surface area (Å²) < 4.78 is 7.98. The van der Waals surface area contributed by atoms with Crippen LogP contribution in [0.15, 0.2) is 67.1 Å². The van der Waals surface area contributed by atoms with Gasteiger partial charge < -0.3 is 9.64 Å². The molecule has 0 aliphatic carbocycles. The van der Waals surface area contributed by atoms with Crippen LogP contribution >= 0.6 is 0 Å². The van der Waals surface area contributed by atoms with Crippen LogP contribution in [0.1, 0.15) is 5.56 Å². The van der Waals surface area contributed by atoms with Gasteiger partial charge >= 0.3 is 0 Å². The lowest BCUT2D eigenvalue weighted by Gasteiger charge is -2.24. The number of ether oxygens (including phenoxy) is 1. The van der Waals surface area contributed by atoms with Gasteiger partial charge in [-0.05, 0) is 23.8 Å². The van der Waals surface area contributed by atoms with Gasteiger partial charge in [0.25, 0.3) is 0 Å². The molecule has 6 heteroatoms. The molecular weight excluding hydrogens is 338 g/mol. The van der Waals surface area contributed by atoms with E-state index in [9.17, 15) is 0 Å². The van der Waals surface area contributed by atoms with Crippen molar-refractivity contribution in [3.63, 3.8) is 0 Å². The summed E-state index contributed by atoms with van der Waals surface area (Å²) in [4.78, 5) is 11.0. The van der Waals surface area contributed by atoms with E-state index in [2.05, 4.69) is 40.2 Å². The second-order valence-corrected chi connectivity index (χ2v) is 6.77. The Morgan fingerprint density at radius 1 is 1.11 bits per heavy atom. The van der Waals surface area contributed by atoms with Crippen molar-refractivity contribution in [1.29, 1.82) is 0 Å². The van der Waals surface area contributed by atoms with Crippen molar-refractivity contribution in [2.45, 2.75) is 12.5 Å². The van der Waals surface area contributed by atoms with Crippen LogP contribution in [0.25, 0.3) is 16.9 Å². The maximum Gasteiger partial charge on any atom is 0.157 e. The molecule has 1 aromatic carbocycles. The first-order chi connectivity index (χ1) is 13.3. The smallest absolute Gasteiger partial charge is 0.157 e. The molecule has 0 saturated heterocycles. The van der Waals surface area contributed by atoms with Crippen molar-refractivity contribution in [3.8, 4) is 17.0 Å². The topological polar surface area (TPSA) is 55.5 Å². The normalized spacial score (nSPS) is 15.5. The highest BCUT2D eigenvalue weighted by molar-refractivity contribution is 5.66. The summed E-state index contributed by atoms with van der Waals surface area (Å²) in [7, 11) is 2.07. The third-order valence-electron chi connectivity index (χ3n) is 4.90. The Bertz CT molecular complexity index is 1070. The fraction of sp³-hybridized carbons (Fsp3) is 0.190. The summed E-state index contributed by atoms with van der Waals surface area (Å²) in [5.41, 5.74) is 4.03. The average molecular weight is 357 g/mol. The highest BCUT2D eigenvalue weighted by Crippen LogP contribution is 2.30. The van der Waals surface area contributed by atoms with E-state index in [0.29, 0.717) is 0 Å². The molecule has 0 amide bonds. The molecular formula is C21H19N5O. The van der Waals surface area contributed by atoms with Gasteiger partial charge in [-0.1, -0.05) is 18.2 Å². The molecule has 5 rings (SSSR count). The predicted molar refractivity (Wildman–Crippen MR) is 104 cm³/mol. The van der Waals surface area contributed by atoms with Gasteiger partial charge in [0.15, 0.2) is 5.65 Å². The van der Waals surface area contributed by atoms with E-state index < -0.39 is 0 Å². The molecule has 27 heavy (non-hydrogen) atoms. The molecule has 134 valence electrons. The number of hydrogen-bond donors (Lipinski definition) is 0. The van der Waals surface area contributed by atoms with Gasteiger partial charge in [-0.2, -0.15) is 9.61 Å². The third kappa shape index (κ3) is 2.89. The Morgan fingerprint density at radius 3 is 2.81 bits per heavy atom. The van der Waals surface area contributed by atoms with Crippen molar-refractivity contribution in [1.82, 2.24) is 19.6 Å². The number of anilines is 1. The summed E-state index contributed by atoms with van der Waals surface area (Å²) in [5.74, 6) is 1.98. The molecule has 6 nitrogen and oxygen atoms in total. The molecule has 0 bridgehead atoms. The fourth-order valence-electron chi connectivity index (χ4n) is 3.59. The van der Waals surface area contributed by atoms with Crippen molar-refractivity contribution in [3.05, 3.63) is 72.7 Å². The minimum absolute atomic E-state index is 0.121. The quantitative estimate of drug-likeness (QED) is 0.561. The van der Waals surface area contributed by atoms with E-state index in [-0.39, 0.29) is 6.10 Å². The molecule has 1 aliphatic rings. The zero-order chi connectivity index (χ0) is 18.2. The Hall–Kier alpha value is -3.41. The molecule has 1 aliphatic heterocycles. The van der Waals surface area contributed by atoms with Crippen LogP contribution in [0.4, 0.5) is 5.82 Å². The highest BCUT2D eigenvalue weighted by atomic mass is 16.5. The van der Waals surface area contributed by atoms with Crippen LogP contribution in [-0.4, -0.2) is 39.3 Å².